The average Bonchev–Trinajstić information content (AvgIpc) is 2.28. The zero-order valence-corrected chi connectivity index (χ0v) is 11.3. The van der Waals surface area contributed by atoms with Crippen molar-refractivity contribution in [2.45, 2.75) is 19.9 Å². The minimum atomic E-state index is 0.267. The summed E-state index contributed by atoms with van der Waals surface area (Å²) in [4.78, 5) is 0. The van der Waals surface area contributed by atoms with E-state index in [1.165, 1.54) is 0 Å². The van der Waals surface area contributed by atoms with Gasteiger partial charge in [-0.05, 0) is 35.0 Å². The van der Waals surface area contributed by atoms with Crippen LogP contribution in [0.5, 0.6) is 5.75 Å². The first kappa shape index (κ1) is 13.5. The summed E-state index contributed by atoms with van der Waals surface area (Å²) in [7, 11) is 1.62. The molecule has 0 atom stereocenters. The Labute approximate surface area is 105 Å². The monoisotopic (exact) mass is 287 g/mol. The molecule has 0 aromatic heterocycles. The van der Waals surface area contributed by atoms with Gasteiger partial charge in [0.2, 0.25) is 0 Å². The van der Waals surface area contributed by atoms with Crippen molar-refractivity contribution in [2.75, 3.05) is 20.4 Å². The number of hydrogen-bond donors (Lipinski definition) is 1. The molecule has 1 aromatic carbocycles. The molecule has 90 valence electrons. The molecule has 1 N–H and O–H groups in total. The Morgan fingerprint density at radius 3 is 2.88 bits per heavy atom. The van der Waals surface area contributed by atoms with Gasteiger partial charge in [0.15, 0.2) is 6.79 Å². The Kier molecular flexibility index (Phi) is 6.45. The van der Waals surface area contributed by atoms with Crippen LogP contribution in [-0.2, 0) is 11.3 Å². The van der Waals surface area contributed by atoms with E-state index in [0.717, 1.165) is 35.3 Å². The lowest BCUT2D eigenvalue weighted by Crippen LogP contribution is -2.15. The van der Waals surface area contributed by atoms with Gasteiger partial charge in [0, 0.05) is 19.2 Å². The van der Waals surface area contributed by atoms with Gasteiger partial charge >= 0.3 is 0 Å². The van der Waals surface area contributed by atoms with E-state index in [2.05, 4.69) is 34.2 Å². The fourth-order valence-electron chi connectivity index (χ4n) is 1.37. The standard InChI is InChI=1S/C12H18BrNO2/c1-3-7-14-8-10-5-4-6-11(13)12(10)16-9-15-2/h4-6,14H,3,7-9H2,1-2H3. The third kappa shape index (κ3) is 4.12. The lowest BCUT2D eigenvalue weighted by atomic mass is 10.2. The zero-order chi connectivity index (χ0) is 11.8. The van der Waals surface area contributed by atoms with Crippen molar-refractivity contribution in [1.82, 2.24) is 5.32 Å². The zero-order valence-electron chi connectivity index (χ0n) is 9.75. The summed E-state index contributed by atoms with van der Waals surface area (Å²) in [6, 6.07) is 6.03. The SMILES string of the molecule is CCCNCc1cccc(Br)c1OCOC. The molecule has 0 spiro atoms. The van der Waals surface area contributed by atoms with Gasteiger partial charge in [0.05, 0.1) is 4.47 Å². The number of ether oxygens (including phenoxy) is 2. The summed E-state index contributed by atoms with van der Waals surface area (Å²) in [5, 5.41) is 3.35. The van der Waals surface area contributed by atoms with E-state index in [4.69, 9.17) is 9.47 Å². The van der Waals surface area contributed by atoms with Crippen LogP contribution in [0.25, 0.3) is 0 Å². The van der Waals surface area contributed by atoms with E-state index in [9.17, 15) is 0 Å². The summed E-state index contributed by atoms with van der Waals surface area (Å²) in [5.41, 5.74) is 1.14. The van der Waals surface area contributed by atoms with Gasteiger partial charge < -0.3 is 14.8 Å². The first-order chi connectivity index (χ1) is 7.79. The van der Waals surface area contributed by atoms with Gasteiger partial charge in [-0.25, -0.2) is 0 Å². The van der Waals surface area contributed by atoms with E-state index < -0.39 is 0 Å². The van der Waals surface area contributed by atoms with Crippen molar-refractivity contribution in [1.29, 1.82) is 0 Å². The summed E-state index contributed by atoms with van der Waals surface area (Å²) in [6.07, 6.45) is 1.13. The van der Waals surface area contributed by atoms with Crippen LogP contribution >= 0.6 is 15.9 Å². The third-order valence-electron chi connectivity index (χ3n) is 2.11. The molecule has 0 aliphatic rings. The summed E-state index contributed by atoms with van der Waals surface area (Å²) >= 11 is 3.48. The molecule has 1 aromatic rings. The van der Waals surface area contributed by atoms with Crippen LogP contribution in [0.4, 0.5) is 0 Å². The van der Waals surface area contributed by atoms with Crippen LogP contribution in [0.1, 0.15) is 18.9 Å². The van der Waals surface area contributed by atoms with Crippen molar-refractivity contribution >= 4 is 15.9 Å². The Bertz CT molecular complexity index is 318. The summed E-state index contributed by atoms with van der Waals surface area (Å²) in [5.74, 6) is 0.855. The number of nitrogens with one attached hydrogen (secondary N) is 1. The first-order valence-electron chi connectivity index (χ1n) is 5.39. The van der Waals surface area contributed by atoms with Gasteiger partial charge in [0.25, 0.3) is 0 Å². The number of rotatable bonds is 7. The molecule has 0 saturated heterocycles. The summed E-state index contributed by atoms with van der Waals surface area (Å²) in [6.45, 7) is 4.24. The van der Waals surface area contributed by atoms with E-state index in [1.54, 1.807) is 7.11 Å². The van der Waals surface area contributed by atoms with Crippen molar-refractivity contribution in [3.05, 3.63) is 28.2 Å². The van der Waals surface area contributed by atoms with E-state index >= 15 is 0 Å². The highest BCUT2D eigenvalue weighted by atomic mass is 79.9. The Morgan fingerprint density at radius 2 is 2.19 bits per heavy atom. The Morgan fingerprint density at radius 1 is 1.38 bits per heavy atom. The molecule has 4 heteroatoms. The number of para-hydroxylation sites is 1. The van der Waals surface area contributed by atoms with E-state index in [1.807, 2.05) is 12.1 Å². The van der Waals surface area contributed by atoms with Crippen LogP contribution in [0, 0.1) is 0 Å². The molecular weight excluding hydrogens is 270 g/mol. The molecule has 3 nitrogen and oxygen atoms in total. The van der Waals surface area contributed by atoms with Gasteiger partial charge in [-0.3, -0.25) is 0 Å². The van der Waals surface area contributed by atoms with Crippen LogP contribution in [0.15, 0.2) is 22.7 Å². The average molecular weight is 288 g/mol. The minimum Gasteiger partial charge on any atom is -0.466 e. The van der Waals surface area contributed by atoms with Crippen LogP contribution in [0.3, 0.4) is 0 Å². The fourth-order valence-corrected chi connectivity index (χ4v) is 1.89. The van der Waals surface area contributed by atoms with Crippen molar-refractivity contribution < 1.29 is 9.47 Å². The molecule has 0 unspecified atom stereocenters. The number of halogens is 1. The molecule has 0 aliphatic heterocycles. The van der Waals surface area contributed by atoms with Gasteiger partial charge in [-0.15, -0.1) is 0 Å². The van der Waals surface area contributed by atoms with Gasteiger partial charge in [-0.1, -0.05) is 19.1 Å². The Hall–Kier alpha value is -0.580. The normalized spacial score (nSPS) is 10.4. The lowest BCUT2D eigenvalue weighted by Gasteiger charge is -2.13. The van der Waals surface area contributed by atoms with Gasteiger partial charge in [0.1, 0.15) is 5.75 Å². The molecule has 1 rings (SSSR count). The molecule has 0 radical (unpaired) electrons. The van der Waals surface area contributed by atoms with E-state index in [-0.39, 0.29) is 6.79 Å². The number of hydrogen-bond acceptors (Lipinski definition) is 3. The summed E-state index contributed by atoms with van der Waals surface area (Å²) < 4.78 is 11.4. The fraction of sp³-hybridized carbons (Fsp3) is 0.500. The highest BCUT2D eigenvalue weighted by molar-refractivity contribution is 9.10. The predicted octanol–water partition coefficient (Wildman–Crippen LogP) is 2.93. The van der Waals surface area contributed by atoms with Crippen LogP contribution in [0.2, 0.25) is 0 Å². The maximum absolute atomic E-state index is 5.54. The largest absolute Gasteiger partial charge is 0.466 e. The maximum atomic E-state index is 5.54. The van der Waals surface area contributed by atoms with E-state index in [0.29, 0.717) is 0 Å². The topological polar surface area (TPSA) is 30.5 Å². The molecular formula is C12H18BrNO2. The minimum absolute atomic E-state index is 0.267. The number of benzene rings is 1. The van der Waals surface area contributed by atoms with Gasteiger partial charge in [-0.2, -0.15) is 0 Å². The molecule has 16 heavy (non-hydrogen) atoms. The smallest absolute Gasteiger partial charge is 0.188 e. The highest BCUT2D eigenvalue weighted by Crippen LogP contribution is 2.29. The third-order valence-corrected chi connectivity index (χ3v) is 2.74. The predicted molar refractivity (Wildman–Crippen MR) is 68.6 cm³/mol. The lowest BCUT2D eigenvalue weighted by molar-refractivity contribution is 0.0498. The van der Waals surface area contributed by atoms with Crippen LogP contribution in [-0.4, -0.2) is 20.4 Å². The van der Waals surface area contributed by atoms with Crippen molar-refractivity contribution in [2.24, 2.45) is 0 Å². The van der Waals surface area contributed by atoms with Crippen molar-refractivity contribution in [3.63, 3.8) is 0 Å². The second-order valence-corrected chi connectivity index (χ2v) is 4.31. The van der Waals surface area contributed by atoms with Crippen LogP contribution < -0.4 is 10.1 Å². The molecule has 0 heterocycles. The maximum Gasteiger partial charge on any atom is 0.188 e. The number of methoxy groups -OCH3 is 1. The molecule has 0 bridgehead atoms. The molecule has 0 saturated carbocycles. The quantitative estimate of drug-likeness (QED) is 0.618. The molecule has 0 fully saturated rings. The second kappa shape index (κ2) is 7.65. The highest BCUT2D eigenvalue weighted by Gasteiger charge is 2.07. The molecule has 0 amide bonds. The molecule has 0 aliphatic carbocycles. The van der Waals surface area contributed by atoms with Crippen molar-refractivity contribution in [3.8, 4) is 5.75 Å². The second-order valence-electron chi connectivity index (χ2n) is 3.46. The Balaban J connectivity index is 2.68. The first-order valence-corrected chi connectivity index (χ1v) is 6.18.